The van der Waals surface area contributed by atoms with E-state index in [-0.39, 0.29) is 12.0 Å². The summed E-state index contributed by atoms with van der Waals surface area (Å²) in [6.07, 6.45) is 4.15. The molecule has 0 aliphatic heterocycles. The Bertz CT molecular complexity index is 1280. The van der Waals surface area contributed by atoms with E-state index in [2.05, 4.69) is 10.2 Å². The molecule has 2 N–H and O–H groups in total. The standard InChI is InChI=1S/C31H34N2O2P2/c34-36(27-16-5-1-6-17-27,28-18-7-2-8-19-28)32-25-26-15-13-14-24-31(26)33-37(35,29-20-9-3-10-21-29)30-22-11-4-12-23-30/h1-12,16-23,26,31H,13-15,24-25H2,(H,32,34)(H,33,35)/t26?,31-/m0/s1. The van der Waals surface area contributed by atoms with Crippen molar-refractivity contribution in [2.75, 3.05) is 6.54 Å². The van der Waals surface area contributed by atoms with Gasteiger partial charge in [-0.15, -0.1) is 0 Å². The van der Waals surface area contributed by atoms with Crippen LogP contribution >= 0.6 is 14.6 Å². The first kappa shape index (κ1) is 25.9. The second-order valence-electron chi connectivity index (χ2n) is 9.70. The molecule has 1 fully saturated rings. The van der Waals surface area contributed by atoms with Crippen LogP contribution < -0.4 is 31.4 Å². The average Bonchev–Trinajstić information content (AvgIpc) is 2.98. The minimum atomic E-state index is -3.06. The third-order valence-electron chi connectivity index (χ3n) is 7.31. The van der Waals surface area contributed by atoms with Crippen molar-refractivity contribution in [3.05, 3.63) is 121 Å². The van der Waals surface area contributed by atoms with Crippen LogP contribution in [-0.4, -0.2) is 12.6 Å². The van der Waals surface area contributed by atoms with E-state index in [4.69, 9.17) is 0 Å². The van der Waals surface area contributed by atoms with Crippen LogP contribution in [0.25, 0.3) is 0 Å². The lowest BCUT2D eigenvalue weighted by molar-refractivity contribution is 0.291. The highest BCUT2D eigenvalue weighted by atomic mass is 31.2. The minimum absolute atomic E-state index is 0.0486. The molecular weight excluding hydrogens is 494 g/mol. The number of benzene rings is 4. The lowest BCUT2D eigenvalue weighted by Gasteiger charge is -2.36. The second-order valence-corrected chi connectivity index (χ2v) is 14.8. The summed E-state index contributed by atoms with van der Waals surface area (Å²) in [5.74, 6) is 0.204. The number of nitrogens with one attached hydrogen (secondary N) is 2. The normalized spacial score (nSPS) is 18.4. The van der Waals surface area contributed by atoms with E-state index in [9.17, 15) is 9.13 Å². The second kappa shape index (κ2) is 11.8. The molecule has 4 aromatic rings. The summed E-state index contributed by atoms with van der Waals surface area (Å²) in [6, 6.07) is 39.0. The third kappa shape index (κ3) is 5.74. The van der Waals surface area contributed by atoms with Gasteiger partial charge >= 0.3 is 0 Å². The maximum atomic E-state index is 14.7. The summed E-state index contributed by atoms with van der Waals surface area (Å²) in [4.78, 5) is 0. The highest BCUT2D eigenvalue weighted by Crippen LogP contribution is 2.43. The van der Waals surface area contributed by atoms with Crippen molar-refractivity contribution in [2.24, 2.45) is 5.92 Å². The first-order chi connectivity index (χ1) is 18.1. The van der Waals surface area contributed by atoms with Crippen LogP contribution in [-0.2, 0) is 9.13 Å². The Hall–Kier alpha value is -2.74. The summed E-state index contributed by atoms with van der Waals surface area (Å²) >= 11 is 0. The van der Waals surface area contributed by atoms with Gasteiger partial charge in [-0.3, -0.25) is 19.3 Å². The lowest BCUT2D eigenvalue weighted by Crippen LogP contribution is -2.45. The fourth-order valence-corrected chi connectivity index (χ4v) is 10.2. The van der Waals surface area contributed by atoms with E-state index in [1.165, 1.54) is 0 Å². The summed E-state index contributed by atoms with van der Waals surface area (Å²) in [5, 5.41) is 10.4. The van der Waals surface area contributed by atoms with E-state index in [1.54, 1.807) is 0 Å². The highest BCUT2D eigenvalue weighted by Gasteiger charge is 2.36. The predicted octanol–water partition coefficient (Wildman–Crippen LogP) is 5.58. The summed E-state index contributed by atoms with van der Waals surface area (Å²) < 4.78 is 29.2. The Balaban J connectivity index is 1.43. The molecule has 6 heteroatoms. The zero-order chi connectivity index (χ0) is 25.6. The maximum absolute atomic E-state index is 14.7. The molecule has 1 aliphatic rings. The van der Waals surface area contributed by atoms with Gasteiger partial charge < -0.3 is 0 Å². The van der Waals surface area contributed by atoms with Gasteiger partial charge in [0.1, 0.15) is 0 Å². The fourth-order valence-electron chi connectivity index (χ4n) is 5.28. The summed E-state index contributed by atoms with van der Waals surface area (Å²) in [7, 11) is -6.09. The molecule has 0 heterocycles. The maximum Gasteiger partial charge on any atom is 0.204 e. The number of hydrogen-bond acceptors (Lipinski definition) is 2. The Morgan fingerprint density at radius 2 is 0.919 bits per heavy atom. The number of hydrogen-bond donors (Lipinski definition) is 2. The van der Waals surface area contributed by atoms with E-state index in [0.717, 1.165) is 46.9 Å². The number of rotatable bonds is 9. The minimum Gasteiger partial charge on any atom is -0.297 e. The van der Waals surface area contributed by atoms with Crippen LogP contribution in [0.15, 0.2) is 121 Å². The Kier molecular flexibility index (Phi) is 8.23. The van der Waals surface area contributed by atoms with Gasteiger partial charge in [0.05, 0.1) is 0 Å². The van der Waals surface area contributed by atoms with Gasteiger partial charge in [0, 0.05) is 33.8 Å². The molecule has 0 amide bonds. The molecule has 0 radical (unpaired) electrons. The average molecular weight is 529 g/mol. The van der Waals surface area contributed by atoms with Gasteiger partial charge in [-0.05, 0) is 67.3 Å². The van der Waals surface area contributed by atoms with Crippen LogP contribution in [0.4, 0.5) is 0 Å². The molecule has 190 valence electrons. The fraction of sp³-hybridized carbons (Fsp3) is 0.226. The molecule has 4 nitrogen and oxygen atoms in total. The largest absolute Gasteiger partial charge is 0.297 e. The lowest BCUT2D eigenvalue weighted by atomic mass is 9.85. The molecule has 1 aliphatic carbocycles. The van der Waals surface area contributed by atoms with E-state index in [1.807, 2.05) is 121 Å². The van der Waals surface area contributed by atoms with Crippen LogP contribution in [0.2, 0.25) is 0 Å². The van der Waals surface area contributed by atoms with E-state index >= 15 is 0 Å². The molecule has 2 atom stereocenters. The Morgan fingerprint density at radius 3 is 1.35 bits per heavy atom. The third-order valence-corrected chi connectivity index (χ3v) is 12.7. The highest BCUT2D eigenvalue weighted by molar-refractivity contribution is 7.77. The molecule has 1 saturated carbocycles. The molecular formula is C31H34N2O2P2. The Morgan fingerprint density at radius 1 is 0.541 bits per heavy atom. The van der Waals surface area contributed by atoms with E-state index < -0.39 is 14.6 Å². The van der Waals surface area contributed by atoms with Crippen molar-refractivity contribution in [1.82, 2.24) is 10.2 Å². The predicted molar refractivity (Wildman–Crippen MR) is 156 cm³/mol. The van der Waals surface area contributed by atoms with Gasteiger partial charge in [-0.1, -0.05) is 85.6 Å². The first-order valence-corrected chi connectivity index (χ1v) is 16.5. The van der Waals surface area contributed by atoms with Gasteiger partial charge in [-0.25, -0.2) is 0 Å². The van der Waals surface area contributed by atoms with Crippen molar-refractivity contribution in [2.45, 2.75) is 31.7 Å². The molecule has 4 aromatic carbocycles. The smallest absolute Gasteiger partial charge is 0.204 e. The SMILES string of the molecule is O=P(NCC1CCCC[C@@H]1NP(=O)(c1ccccc1)c1ccccc1)(c1ccccc1)c1ccccc1. The van der Waals surface area contributed by atoms with Crippen molar-refractivity contribution >= 4 is 35.8 Å². The topological polar surface area (TPSA) is 58.2 Å². The molecule has 0 saturated heterocycles. The summed E-state index contributed by atoms with van der Waals surface area (Å²) in [6.45, 7) is 0.586. The summed E-state index contributed by atoms with van der Waals surface area (Å²) in [5.41, 5.74) is 0. The molecule has 0 bridgehead atoms. The van der Waals surface area contributed by atoms with Gasteiger partial charge in [0.25, 0.3) is 0 Å². The zero-order valence-electron chi connectivity index (χ0n) is 20.9. The van der Waals surface area contributed by atoms with Gasteiger partial charge in [0.2, 0.25) is 14.6 Å². The quantitative estimate of drug-likeness (QED) is 0.279. The molecule has 0 aromatic heterocycles. The zero-order valence-corrected chi connectivity index (χ0v) is 22.7. The van der Waals surface area contributed by atoms with Crippen molar-refractivity contribution < 1.29 is 9.13 Å². The van der Waals surface area contributed by atoms with Crippen LogP contribution in [0.1, 0.15) is 25.7 Å². The van der Waals surface area contributed by atoms with Gasteiger partial charge in [-0.2, -0.15) is 0 Å². The van der Waals surface area contributed by atoms with Gasteiger partial charge in [0.15, 0.2) is 0 Å². The van der Waals surface area contributed by atoms with Crippen LogP contribution in [0.5, 0.6) is 0 Å². The van der Waals surface area contributed by atoms with Crippen LogP contribution in [0.3, 0.4) is 0 Å². The van der Waals surface area contributed by atoms with E-state index in [0.29, 0.717) is 6.54 Å². The Labute approximate surface area is 220 Å². The van der Waals surface area contributed by atoms with Crippen LogP contribution in [0, 0.1) is 5.92 Å². The van der Waals surface area contributed by atoms with Crippen molar-refractivity contribution in [3.63, 3.8) is 0 Å². The first-order valence-electron chi connectivity index (χ1n) is 13.0. The molecule has 1 unspecified atom stereocenters. The van der Waals surface area contributed by atoms with Crippen molar-refractivity contribution in [3.8, 4) is 0 Å². The molecule has 0 spiro atoms. The van der Waals surface area contributed by atoms with Crippen molar-refractivity contribution in [1.29, 1.82) is 0 Å². The molecule has 37 heavy (non-hydrogen) atoms. The monoisotopic (exact) mass is 528 g/mol. The molecule has 5 rings (SSSR count).